The van der Waals surface area contributed by atoms with Crippen molar-refractivity contribution in [2.75, 3.05) is 36.2 Å². The summed E-state index contributed by atoms with van der Waals surface area (Å²) in [4.78, 5) is 8.21. The molecule has 1 atom stereocenters. The molecule has 1 unspecified atom stereocenters. The zero-order valence-corrected chi connectivity index (χ0v) is 10.6. The van der Waals surface area contributed by atoms with E-state index in [9.17, 15) is 5.11 Å². The fourth-order valence-corrected chi connectivity index (χ4v) is 1.94. The molecule has 0 fully saturated rings. The lowest BCUT2D eigenvalue weighted by atomic mass is 10.1. The molecule has 0 bridgehead atoms. The maximum atomic E-state index is 9.96. The number of aromatic nitrogens is 2. The van der Waals surface area contributed by atoms with Crippen LogP contribution in [0.25, 0.3) is 0 Å². The van der Waals surface area contributed by atoms with Crippen LogP contribution in [0.5, 0.6) is 0 Å². The predicted octanol–water partition coefficient (Wildman–Crippen LogP) is 1.04. The third kappa shape index (κ3) is 4.24. The fourth-order valence-electron chi connectivity index (χ4n) is 1.22. The molecular formula is C10H18N4OS. The van der Waals surface area contributed by atoms with Crippen molar-refractivity contribution in [3.05, 3.63) is 12.3 Å². The normalized spacial score (nSPS) is 14.2. The van der Waals surface area contributed by atoms with Gasteiger partial charge in [-0.3, -0.25) is 0 Å². The number of hydrogen-bond acceptors (Lipinski definition) is 6. The molecule has 5 nitrogen and oxygen atoms in total. The Labute approximate surface area is 100 Å². The summed E-state index contributed by atoms with van der Waals surface area (Å²) in [5.41, 5.74) is -0.732. The second-order valence-corrected chi connectivity index (χ2v) is 4.67. The zero-order valence-electron chi connectivity index (χ0n) is 9.82. The van der Waals surface area contributed by atoms with Crippen LogP contribution < -0.4 is 10.6 Å². The van der Waals surface area contributed by atoms with Crippen LogP contribution >= 0.6 is 11.8 Å². The highest BCUT2D eigenvalue weighted by molar-refractivity contribution is 7.98. The summed E-state index contributed by atoms with van der Waals surface area (Å²) in [5.74, 6) is 1.96. The summed E-state index contributed by atoms with van der Waals surface area (Å²) in [6, 6.07) is 1.77. The van der Waals surface area contributed by atoms with E-state index in [1.165, 1.54) is 0 Å². The fraction of sp³-hybridized carbons (Fsp3) is 0.600. The summed E-state index contributed by atoms with van der Waals surface area (Å²) in [5, 5.41) is 15.9. The molecule has 3 N–H and O–H groups in total. The monoisotopic (exact) mass is 242 g/mol. The van der Waals surface area contributed by atoms with Crippen molar-refractivity contribution in [2.24, 2.45) is 0 Å². The molecule has 0 saturated heterocycles. The van der Waals surface area contributed by atoms with Gasteiger partial charge in [-0.15, -0.1) is 0 Å². The standard InChI is InChI=1S/C10H18N4OS/c1-10(15,7-16-3)6-13-8-4-5-12-9(11-2)14-8/h4-5,15H,6-7H2,1-3H3,(H2,11,12,13,14). The van der Waals surface area contributed by atoms with Crippen LogP contribution in [0.4, 0.5) is 11.8 Å². The molecule has 0 aromatic carbocycles. The Bertz CT molecular complexity index is 332. The van der Waals surface area contributed by atoms with Gasteiger partial charge in [0.1, 0.15) is 5.82 Å². The van der Waals surface area contributed by atoms with E-state index in [0.29, 0.717) is 24.1 Å². The molecule has 0 aliphatic carbocycles. The lowest BCUT2D eigenvalue weighted by molar-refractivity contribution is 0.0996. The first-order chi connectivity index (χ1) is 7.57. The van der Waals surface area contributed by atoms with E-state index in [1.807, 2.05) is 6.26 Å². The lowest BCUT2D eigenvalue weighted by Gasteiger charge is -2.22. The summed E-state index contributed by atoms with van der Waals surface area (Å²) in [6.07, 6.45) is 3.64. The highest BCUT2D eigenvalue weighted by Gasteiger charge is 2.19. The van der Waals surface area contributed by atoms with Gasteiger partial charge in [0.15, 0.2) is 0 Å². The van der Waals surface area contributed by atoms with Crippen molar-refractivity contribution in [2.45, 2.75) is 12.5 Å². The van der Waals surface area contributed by atoms with Crippen molar-refractivity contribution in [1.82, 2.24) is 9.97 Å². The van der Waals surface area contributed by atoms with Crippen LogP contribution in [0.2, 0.25) is 0 Å². The molecule has 0 amide bonds. The van der Waals surface area contributed by atoms with Gasteiger partial charge in [-0.2, -0.15) is 16.7 Å². The Morgan fingerprint density at radius 3 is 2.94 bits per heavy atom. The van der Waals surface area contributed by atoms with Gasteiger partial charge in [-0.1, -0.05) is 0 Å². The maximum absolute atomic E-state index is 9.96. The van der Waals surface area contributed by atoms with E-state index < -0.39 is 5.60 Å². The number of rotatable bonds is 6. The minimum atomic E-state index is -0.732. The molecule has 0 aliphatic rings. The Hall–Kier alpha value is -1.01. The van der Waals surface area contributed by atoms with Gasteiger partial charge >= 0.3 is 0 Å². The molecule has 1 aromatic heterocycles. The van der Waals surface area contributed by atoms with Crippen molar-refractivity contribution < 1.29 is 5.11 Å². The molecule has 0 spiro atoms. The van der Waals surface area contributed by atoms with E-state index in [4.69, 9.17) is 0 Å². The lowest BCUT2D eigenvalue weighted by Crippen LogP contribution is -2.36. The van der Waals surface area contributed by atoms with Gasteiger partial charge < -0.3 is 15.7 Å². The first-order valence-corrected chi connectivity index (χ1v) is 6.43. The van der Waals surface area contributed by atoms with Crippen LogP contribution in [-0.4, -0.2) is 46.3 Å². The van der Waals surface area contributed by atoms with Crippen LogP contribution in [0.3, 0.4) is 0 Å². The van der Waals surface area contributed by atoms with Crippen molar-refractivity contribution in [3.8, 4) is 0 Å². The van der Waals surface area contributed by atoms with Crippen molar-refractivity contribution in [3.63, 3.8) is 0 Å². The third-order valence-electron chi connectivity index (χ3n) is 1.98. The first kappa shape index (κ1) is 13.1. The van der Waals surface area contributed by atoms with Gasteiger partial charge in [0.05, 0.1) is 5.60 Å². The van der Waals surface area contributed by atoms with Gasteiger partial charge in [-0.05, 0) is 19.2 Å². The van der Waals surface area contributed by atoms with Gasteiger partial charge in [0.2, 0.25) is 5.95 Å². The second-order valence-electron chi connectivity index (χ2n) is 3.80. The van der Waals surface area contributed by atoms with Crippen molar-refractivity contribution in [1.29, 1.82) is 0 Å². The van der Waals surface area contributed by atoms with Crippen LogP contribution in [0.1, 0.15) is 6.92 Å². The Morgan fingerprint density at radius 2 is 2.31 bits per heavy atom. The molecular weight excluding hydrogens is 224 g/mol. The number of hydrogen-bond donors (Lipinski definition) is 3. The van der Waals surface area contributed by atoms with E-state index in [0.717, 1.165) is 0 Å². The summed E-state index contributed by atoms with van der Waals surface area (Å²) in [7, 11) is 1.77. The molecule has 90 valence electrons. The van der Waals surface area contributed by atoms with E-state index in [-0.39, 0.29) is 0 Å². The zero-order chi connectivity index (χ0) is 12.0. The summed E-state index contributed by atoms with van der Waals surface area (Å²) < 4.78 is 0. The molecule has 6 heteroatoms. The molecule has 0 aliphatic heterocycles. The smallest absolute Gasteiger partial charge is 0.224 e. The second kappa shape index (κ2) is 5.91. The van der Waals surface area contributed by atoms with Crippen LogP contribution in [-0.2, 0) is 0 Å². The first-order valence-electron chi connectivity index (χ1n) is 5.03. The van der Waals surface area contributed by atoms with Gasteiger partial charge in [0, 0.05) is 25.5 Å². The minimum Gasteiger partial charge on any atom is -0.387 e. The average molecular weight is 242 g/mol. The highest BCUT2D eigenvalue weighted by atomic mass is 32.2. The molecule has 1 heterocycles. The molecule has 16 heavy (non-hydrogen) atoms. The number of anilines is 2. The summed E-state index contributed by atoms with van der Waals surface area (Å²) in [6.45, 7) is 2.27. The van der Waals surface area contributed by atoms with Crippen LogP contribution in [0.15, 0.2) is 12.3 Å². The average Bonchev–Trinajstić information content (AvgIpc) is 2.27. The number of thioether (sulfide) groups is 1. The third-order valence-corrected chi connectivity index (χ3v) is 2.90. The van der Waals surface area contributed by atoms with E-state index >= 15 is 0 Å². The SMILES string of the molecule is CNc1nccc(NCC(C)(O)CSC)n1. The molecule has 0 radical (unpaired) electrons. The maximum Gasteiger partial charge on any atom is 0.224 e. The Morgan fingerprint density at radius 1 is 1.56 bits per heavy atom. The van der Waals surface area contributed by atoms with E-state index in [2.05, 4.69) is 20.6 Å². The summed E-state index contributed by atoms with van der Waals surface area (Å²) >= 11 is 1.62. The van der Waals surface area contributed by atoms with Crippen LogP contribution in [0, 0.1) is 0 Å². The minimum absolute atomic E-state index is 0.466. The predicted molar refractivity (Wildman–Crippen MR) is 69.1 cm³/mol. The Kier molecular flexibility index (Phi) is 4.82. The topological polar surface area (TPSA) is 70.1 Å². The van der Waals surface area contributed by atoms with Gasteiger partial charge in [-0.25, -0.2) is 4.98 Å². The largest absolute Gasteiger partial charge is 0.387 e. The van der Waals surface area contributed by atoms with Gasteiger partial charge in [0.25, 0.3) is 0 Å². The quantitative estimate of drug-likeness (QED) is 0.692. The molecule has 0 saturated carbocycles. The van der Waals surface area contributed by atoms with E-state index in [1.54, 1.807) is 38.0 Å². The Balaban J connectivity index is 2.53. The van der Waals surface area contributed by atoms with Crippen molar-refractivity contribution >= 4 is 23.5 Å². The number of aliphatic hydroxyl groups is 1. The highest BCUT2D eigenvalue weighted by Crippen LogP contribution is 2.12. The molecule has 1 rings (SSSR count). The number of nitrogens with zero attached hydrogens (tertiary/aromatic N) is 2. The molecule has 1 aromatic rings. The number of nitrogens with one attached hydrogen (secondary N) is 2.